The minimum atomic E-state index is -1.35. The number of nitrogens with zero attached hydrogens (tertiary/aromatic N) is 2. The zero-order valence-electron chi connectivity index (χ0n) is 15.7. The second kappa shape index (κ2) is 10.2. The summed E-state index contributed by atoms with van der Waals surface area (Å²) in [5.74, 6) is -2.38. The van der Waals surface area contributed by atoms with Crippen LogP contribution in [0.25, 0.3) is 0 Å². The SMILES string of the molecule is CO/N=C(\C(=O)N[C@@H]1C(=O)N2C(C(=O)O)=C(COC(N)=O)CS[C@H]12)c1ccco1.[Ca+2]. The summed E-state index contributed by atoms with van der Waals surface area (Å²) in [6, 6.07) is 2.08. The van der Waals surface area contributed by atoms with Crippen molar-refractivity contribution in [3.63, 3.8) is 0 Å². The van der Waals surface area contributed by atoms with Gasteiger partial charge in [-0.15, -0.1) is 11.8 Å². The van der Waals surface area contributed by atoms with Crippen molar-refractivity contribution in [2.75, 3.05) is 19.5 Å². The number of carboxylic acid groups (broad SMARTS) is 1. The van der Waals surface area contributed by atoms with Crippen LogP contribution < -0.4 is 11.1 Å². The first-order chi connectivity index (χ1) is 13.8. The predicted molar refractivity (Wildman–Crippen MR) is 103 cm³/mol. The molecule has 3 amide bonds. The predicted octanol–water partition coefficient (Wildman–Crippen LogP) is -0.917. The number of hydrogen-bond donors (Lipinski definition) is 3. The van der Waals surface area contributed by atoms with E-state index in [2.05, 4.69) is 20.0 Å². The molecular formula is C16H16CaN4O8S+2. The Kier molecular flexibility index (Phi) is 8.17. The summed E-state index contributed by atoms with van der Waals surface area (Å²) >= 11 is 1.21. The molecule has 2 aliphatic heterocycles. The molecule has 30 heavy (non-hydrogen) atoms. The molecule has 0 bridgehead atoms. The number of oxime groups is 1. The fraction of sp³-hybridized carbons (Fsp3) is 0.312. The molecule has 0 aromatic carbocycles. The van der Waals surface area contributed by atoms with Crippen molar-refractivity contribution in [3.05, 3.63) is 35.4 Å². The van der Waals surface area contributed by atoms with Gasteiger partial charge in [0, 0.05) is 11.3 Å². The van der Waals surface area contributed by atoms with E-state index in [1.54, 1.807) is 6.07 Å². The summed E-state index contributed by atoms with van der Waals surface area (Å²) < 4.78 is 9.79. The number of carboxylic acids is 1. The van der Waals surface area contributed by atoms with Gasteiger partial charge in [0.25, 0.3) is 11.8 Å². The van der Waals surface area contributed by atoms with E-state index in [0.29, 0.717) is 0 Å². The van der Waals surface area contributed by atoms with E-state index >= 15 is 0 Å². The Morgan fingerprint density at radius 3 is 2.77 bits per heavy atom. The molecule has 0 aliphatic carbocycles. The first-order valence-electron chi connectivity index (χ1n) is 8.13. The topological polar surface area (TPSA) is 174 Å². The smallest absolute Gasteiger partial charge is 0.477 e. The Bertz CT molecular complexity index is 916. The number of aliphatic carboxylic acids is 1. The second-order valence-corrected chi connectivity index (χ2v) is 6.93. The van der Waals surface area contributed by atoms with Crippen molar-refractivity contribution in [2.45, 2.75) is 11.4 Å². The number of β-lactam (4-membered cyclic amide) rings is 1. The van der Waals surface area contributed by atoms with E-state index in [9.17, 15) is 24.3 Å². The standard InChI is InChI=1S/C16H16N4O8S.Ca/c1-26-19-9(8-3-2-4-27-8)12(21)18-10-13(22)20-11(15(23)24)7(5-28-16(17)25)6-29-14(10)20;/h2-4,10,14H,5-6H2,1H3,(H2,17,25)(H,18,21)(H,23,24);/q;+2/b19-9-;/t10-,14-;/m1./s1. The van der Waals surface area contributed by atoms with Gasteiger partial charge in [-0.2, -0.15) is 0 Å². The molecule has 4 N–H and O–H groups in total. The number of hydrogen-bond acceptors (Lipinski definition) is 9. The van der Waals surface area contributed by atoms with Gasteiger partial charge in [-0.05, 0) is 12.1 Å². The van der Waals surface area contributed by atoms with E-state index in [4.69, 9.17) is 10.2 Å². The van der Waals surface area contributed by atoms with Crippen molar-refractivity contribution in [2.24, 2.45) is 10.9 Å². The summed E-state index contributed by atoms with van der Waals surface area (Å²) in [5.41, 5.74) is 4.68. The number of nitrogens with two attached hydrogens (primary N) is 1. The van der Waals surface area contributed by atoms with Gasteiger partial charge in [-0.3, -0.25) is 14.5 Å². The molecule has 1 aromatic heterocycles. The molecule has 1 fully saturated rings. The number of nitrogens with one attached hydrogen (secondary N) is 1. The fourth-order valence-electron chi connectivity index (χ4n) is 2.87. The minimum Gasteiger partial charge on any atom is -0.477 e. The van der Waals surface area contributed by atoms with Crippen molar-refractivity contribution in [3.8, 4) is 0 Å². The van der Waals surface area contributed by atoms with E-state index in [1.165, 1.54) is 31.2 Å². The number of carbonyl (C=O) groups is 4. The number of amides is 3. The van der Waals surface area contributed by atoms with Crippen LogP contribution in [0.15, 0.2) is 39.2 Å². The summed E-state index contributed by atoms with van der Waals surface area (Å²) in [6.07, 6.45) is 0.290. The first kappa shape index (κ1) is 24.1. The number of thioether (sulfide) groups is 1. The van der Waals surface area contributed by atoms with Gasteiger partial charge in [-0.25, -0.2) is 9.59 Å². The maximum absolute atomic E-state index is 12.6. The van der Waals surface area contributed by atoms with E-state index < -0.39 is 35.3 Å². The van der Waals surface area contributed by atoms with Crippen LogP contribution in [0.4, 0.5) is 4.79 Å². The zero-order valence-corrected chi connectivity index (χ0v) is 18.7. The van der Waals surface area contributed by atoms with Crippen molar-refractivity contribution >= 4 is 79.1 Å². The average Bonchev–Trinajstić information content (AvgIpc) is 3.21. The summed E-state index contributed by atoms with van der Waals surface area (Å²) in [7, 11) is 1.25. The number of fused-ring (bicyclic) bond motifs is 1. The Balaban J connectivity index is 0.00000320. The Labute approximate surface area is 203 Å². The number of carbonyl (C=O) groups excluding carboxylic acids is 3. The molecule has 2 atom stereocenters. The summed E-state index contributed by atoms with van der Waals surface area (Å²) in [4.78, 5) is 53.3. The first-order valence-corrected chi connectivity index (χ1v) is 9.18. The van der Waals surface area contributed by atoms with Crippen LogP contribution in [0.2, 0.25) is 0 Å². The van der Waals surface area contributed by atoms with Gasteiger partial charge >= 0.3 is 49.8 Å². The minimum absolute atomic E-state index is 0. The van der Waals surface area contributed by atoms with Gasteiger partial charge in [0.05, 0.1) is 6.26 Å². The quantitative estimate of drug-likeness (QED) is 0.200. The van der Waals surface area contributed by atoms with E-state index in [0.717, 1.165) is 4.90 Å². The third-order valence-electron chi connectivity index (χ3n) is 4.08. The molecule has 1 saturated heterocycles. The number of rotatable bonds is 7. The zero-order chi connectivity index (χ0) is 21.1. The van der Waals surface area contributed by atoms with Crippen LogP contribution in [-0.2, 0) is 24.0 Å². The van der Waals surface area contributed by atoms with Crippen molar-refractivity contribution < 1.29 is 38.3 Å². The molecule has 1 aromatic rings. The van der Waals surface area contributed by atoms with Crippen LogP contribution in [0, 0.1) is 0 Å². The van der Waals surface area contributed by atoms with Crippen LogP contribution in [0.5, 0.6) is 0 Å². The van der Waals surface area contributed by atoms with Crippen molar-refractivity contribution in [1.82, 2.24) is 10.2 Å². The molecule has 3 heterocycles. The van der Waals surface area contributed by atoms with Crippen LogP contribution in [0.3, 0.4) is 0 Å². The molecule has 12 nitrogen and oxygen atoms in total. The van der Waals surface area contributed by atoms with E-state index in [-0.39, 0.29) is 72.8 Å². The Hall–Kier alpha value is -2.22. The third-order valence-corrected chi connectivity index (χ3v) is 5.42. The van der Waals surface area contributed by atoms with Crippen molar-refractivity contribution in [1.29, 1.82) is 0 Å². The summed E-state index contributed by atoms with van der Waals surface area (Å²) in [6.45, 7) is -0.347. The molecule has 0 radical (unpaired) electrons. The number of furan rings is 1. The van der Waals surface area contributed by atoms with Gasteiger partial charge in [0.1, 0.15) is 30.8 Å². The third kappa shape index (κ3) is 4.74. The fourth-order valence-corrected chi connectivity index (χ4v) is 4.19. The Morgan fingerprint density at radius 2 is 2.20 bits per heavy atom. The average molecular weight is 464 g/mol. The second-order valence-electron chi connectivity index (χ2n) is 5.83. The monoisotopic (exact) mass is 464 g/mol. The Morgan fingerprint density at radius 1 is 1.47 bits per heavy atom. The van der Waals surface area contributed by atoms with E-state index in [1.807, 2.05) is 0 Å². The molecule has 154 valence electrons. The molecule has 0 spiro atoms. The molecule has 3 rings (SSSR count). The molecule has 0 saturated carbocycles. The number of ether oxygens (including phenoxy) is 1. The molecule has 0 unspecified atom stereocenters. The molecule has 14 heteroatoms. The summed E-state index contributed by atoms with van der Waals surface area (Å²) in [5, 5.41) is 15.0. The number of primary amides is 1. The molecule has 2 aliphatic rings. The maximum Gasteiger partial charge on any atom is 2.00 e. The van der Waals surface area contributed by atoms with Gasteiger partial charge in [-0.1, -0.05) is 5.16 Å². The maximum atomic E-state index is 12.6. The van der Waals surface area contributed by atoms with Gasteiger partial charge in [0.2, 0.25) is 5.71 Å². The largest absolute Gasteiger partial charge is 2.00 e. The van der Waals surface area contributed by atoms with Crippen LogP contribution >= 0.6 is 11.8 Å². The normalized spacial score (nSPS) is 20.5. The van der Waals surface area contributed by atoms with Gasteiger partial charge in [0.15, 0.2) is 5.76 Å². The molecular weight excluding hydrogens is 448 g/mol. The van der Waals surface area contributed by atoms with Crippen LogP contribution in [0.1, 0.15) is 5.76 Å². The van der Waals surface area contributed by atoms with Gasteiger partial charge < -0.3 is 30.1 Å². The van der Waals surface area contributed by atoms with Crippen LogP contribution in [-0.4, -0.2) is 108 Å².